The quantitative estimate of drug-likeness (QED) is 0.502. The van der Waals surface area contributed by atoms with Crippen molar-refractivity contribution in [2.75, 3.05) is 18.1 Å². The molecule has 0 amide bonds. The topological polar surface area (TPSA) is 63.8 Å². The molecule has 1 aromatic heterocycles. The van der Waals surface area contributed by atoms with Crippen LogP contribution in [0.15, 0.2) is 35.4 Å². The van der Waals surface area contributed by atoms with Gasteiger partial charge in [-0.15, -0.1) is 11.8 Å². The average molecular weight is 281 g/mol. The summed E-state index contributed by atoms with van der Waals surface area (Å²) in [5, 5.41) is 13.1. The van der Waals surface area contributed by atoms with Gasteiger partial charge < -0.3 is 20.4 Å². The van der Waals surface area contributed by atoms with Gasteiger partial charge in [0.2, 0.25) is 0 Å². The number of aliphatic hydroxyl groups excluding tert-OH is 1. The van der Waals surface area contributed by atoms with Gasteiger partial charge in [0.05, 0.1) is 5.69 Å². The van der Waals surface area contributed by atoms with Crippen LogP contribution in [0.25, 0.3) is 0 Å². The first kappa shape index (κ1) is 13.2. The highest BCUT2D eigenvalue weighted by Gasteiger charge is 2.08. The first-order chi connectivity index (χ1) is 8.69. The van der Waals surface area contributed by atoms with Crippen molar-refractivity contribution in [3.05, 3.63) is 40.9 Å². The Morgan fingerprint density at radius 3 is 2.67 bits per heavy atom. The molecule has 4 nitrogen and oxygen atoms in total. The highest BCUT2D eigenvalue weighted by atomic mass is 32.2. The molecule has 0 aliphatic heterocycles. The minimum Gasteiger partial charge on any atom is -0.385 e. The van der Waals surface area contributed by atoms with E-state index >= 15 is 0 Å². The fourth-order valence-electron chi connectivity index (χ4n) is 1.56. The summed E-state index contributed by atoms with van der Waals surface area (Å²) in [7, 11) is 0. The van der Waals surface area contributed by atoms with Crippen molar-refractivity contribution in [3.8, 4) is 0 Å². The highest BCUT2D eigenvalue weighted by molar-refractivity contribution is 7.98. The van der Waals surface area contributed by atoms with Gasteiger partial charge in [-0.1, -0.05) is 0 Å². The summed E-state index contributed by atoms with van der Waals surface area (Å²) in [5.41, 5.74) is 1.68. The minimum atomic E-state index is -0.613. The number of nitrogens with one attached hydrogen (secondary N) is 3. The van der Waals surface area contributed by atoms with Gasteiger partial charge in [-0.05, 0) is 42.7 Å². The molecule has 0 radical (unpaired) electrons. The molecule has 0 bridgehead atoms. The molecule has 0 fully saturated rings. The van der Waals surface area contributed by atoms with Gasteiger partial charge in [-0.3, -0.25) is 0 Å². The van der Waals surface area contributed by atoms with Crippen LogP contribution in [0.1, 0.15) is 11.8 Å². The van der Waals surface area contributed by atoms with E-state index in [1.807, 2.05) is 30.5 Å². The molecule has 2 aromatic rings. The van der Waals surface area contributed by atoms with E-state index < -0.39 is 6.10 Å². The average Bonchev–Trinajstić information content (AvgIpc) is 2.83. The van der Waals surface area contributed by atoms with Crippen molar-refractivity contribution in [1.82, 2.24) is 9.97 Å². The molecular weight excluding hydrogens is 266 g/mol. The van der Waals surface area contributed by atoms with Gasteiger partial charge in [-0.2, -0.15) is 0 Å². The fraction of sp³-hybridized carbons (Fsp3) is 0.250. The lowest BCUT2D eigenvalue weighted by molar-refractivity contribution is 0.187. The van der Waals surface area contributed by atoms with Gasteiger partial charge in [-0.25, -0.2) is 0 Å². The molecule has 0 saturated heterocycles. The molecule has 0 aliphatic rings. The standard InChI is InChI=1S/C12H15N3OS2/c1-18-9-4-2-8(3-5-9)13-7-11(16)10-6-14-12(17)15-10/h2-6,11,13,16H,7H2,1H3,(H2,14,15,17). The molecule has 0 aliphatic carbocycles. The van der Waals surface area contributed by atoms with Crippen LogP contribution >= 0.6 is 24.0 Å². The third-order valence-corrected chi connectivity index (χ3v) is 3.53. The molecule has 2 rings (SSSR count). The van der Waals surface area contributed by atoms with Crippen LogP contribution < -0.4 is 5.32 Å². The summed E-state index contributed by atoms with van der Waals surface area (Å²) in [6.45, 7) is 0.432. The first-order valence-electron chi connectivity index (χ1n) is 5.52. The van der Waals surface area contributed by atoms with Gasteiger partial charge in [0.1, 0.15) is 6.10 Å². The zero-order chi connectivity index (χ0) is 13.0. The fourth-order valence-corrected chi connectivity index (χ4v) is 2.14. The van der Waals surface area contributed by atoms with Crippen molar-refractivity contribution in [3.63, 3.8) is 0 Å². The number of aromatic nitrogens is 2. The minimum absolute atomic E-state index is 0.432. The lowest BCUT2D eigenvalue weighted by Crippen LogP contribution is -2.12. The van der Waals surface area contributed by atoms with E-state index in [1.54, 1.807) is 18.0 Å². The number of anilines is 1. The Morgan fingerprint density at radius 2 is 2.11 bits per heavy atom. The Hall–Kier alpha value is -1.24. The van der Waals surface area contributed by atoms with Crippen LogP contribution in [0.3, 0.4) is 0 Å². The summed E-state index contributed by atoms with van der Waals surface area (Å²) < 4.78 is 0.522. The third kappa shape index (κ3) is 3.38. The Bertz CT molecular complexity index is 547. The largest absolute Gasteiger partial charge is 0.385 e. The summed E-state index contributed by atoms with van der Waals surface area (Å²) in [6, 6.07) is 8.09. The normalized spacial score (nSPS) is 12.3. The Kier molecular flexibility index (Phi) is 4.46. The van der Waals surface area contributed by atoms with Crippen LogP contribution in [-0.4, -0.2) is 27.9 Å². The number of imidazole rings is 1. The number of thioether (sulfide) groups is 1. The number of hydrogen-bond acceptors (Lipinski definition) is 4. The van der Waals surface area contributed by atoms with Crippen molar-refractivity contribution >= 4 is 29.7 Å². The summed E-state index contributed by atoms with van der Waals surface area (Å²) in [4.78, 5) is 6.95. The third-order valence-electron chi connectivity index (χ3n) is 2.57. The Labute approximate surface area is 115 Å². The van der Waals surface area contributed by atoms with Crippen LogP contribution in [0, 0.1) is 4.77 Å². The Balaban J connectivity index is 1.92. The number of rotatable bonds is 5. The van der Waals surface area contributed by atoms with Gasteiger partial charge in [0, 0.05) is 23.3 Å². The van der Waals surface area contributed by atoms with Gasteiger partial charge in [0.25, 0.3) is 0 Å². The summed E-state index contributed by atoms with van der Waals surface area (Å²) in [5.74, 6) is 0. The number of H-pyrrole nitrogens is 2. The lowest BCUT2D eigenvalue weighted by atomic mass is 10.2. The second-order valence-corrected chi connectivity index (χ2v) is 5.11. The predicted molar refractivity (Wildman–Crippen MR) is 77.6 cm³/mol. The smallest absolute Gasteiger partial charge is 0.174 e. The SMILES string of the molecule is CSc1ccc(NCC(O)c2c[nH]c(=S)[nH]2)cc1. The molecule has 4 N–H and O–H groups in total. The highest BCUT2D eigenvalue weighted by Crippen LogP contribution is 2.18. The van der Waals surface area contributed by atoms with Crippen LogP contribution in [0.4, 0.5) is 5.69 Å². The molecule has 1 heterocycles. The number of hydrogen-bond donors (Lipinski definition) is 4. The van der Waals surface area contributed by atoms with E-state index in [-0.39, 0.29) is 0 Å². The molecule has 1 unspecified atom stereocenters. The summed E-state index contributed by atoms with van der Waals surface area (Å²) >= 11 is 6.62. The maximum Gasteiger partial charge on any atom is 0.174 e. The molecule has 96 valence electrons. The predicted octanol–water partition coefficient (Wildman–Crippen LogP) is 2.94. The Morgan fingerprint density at radius 1 is 1.39 bits per heavy atom. The molecule has 1 aromatic carbocycles. The van der Waals surface area contributed by atoms with E-state index in [0.29, 0.717) is 17.0 Å². The van der Waals surface area contributed by atoms with Crippen molar-refractivity contribution in [2.24, 2.45) is 0 Å². The van der Waals surface area contributed by atoms with Crippen LogP contribution in [-0.2, 0) is 0 Å². The van der Waals surface area contributed by atoms with E-state index in [0.717, 1.165) is 5.69 Å². The van der Waals surface area contributed by atoms with E-state index in [9.17, 15) is 5.11 Å². The van der Waals surface area contributed by atoms with Crippen molar-refractivity contribution < 1.29 is 5.11 Å². The van der Waals surface area contributed by atoms with Crippen LogP contribution in [0.2, 0.25) is 0 Å². The molecule has 0 saturated carbocycles. The van der Waals surface area contributed by atoms with Gasteiger partial charge >= 0.3 is 0 Å². The zero-order valence-corrected chi connectivity index (χ0v) is 11.6. The number of benzene rings is 1. The van der Waals surface area contributed by atoms with Gasteiger partial charge in [0.15, 0.2) is 4.77 Å². The van der Waals surface area contributed by atoms with E-state index in [2.05, 4.69) is 15.3 Å². The monoisotopic (exact) mass is 281 g/mol. The van der Waals surface area contributed by atoms with Crippen molar-refractivity contribution in [1.29, 1.82) is 0 Å². The molecular formula is C12H15N3OS2. The molecule has 18 heavy (non-hydrogen) atoms. The molecule has 1 atom stereocenters. The van der Waals surface area contributed by atoms with Crippen molar-refractivity contribution in [2.45, 2.75) is 11.0 Å². The van der Waals surface area contributed by atoms with Crippen LogP contribution in [0.5, 0.6) is 0 Å². The summed E-state index contributed by atoms with van der Waals surface area (Å²) in [6.07, 6.45) is 3.12. The molecule has 6 heteroatoms. The first-order valence-corrected chi connectivity index (χ1v) is 7.16. The van der Waals surface area contributed by atoms with E-state index in [4.69, 9.17) is 12.2 Å². The lowest BCUT2D eigenvalue weighted by Gasteiger charge is -2.11. The molecule has 0 spiro atoms. The maximum atomic E-state index is 9.93. The second kappa shape index (κ2) is 6.08. The maximum absolute atomic E-state index is 9.93. The second-order valence-electron chi connectivity index (χ2n) is 3.82. The van der Waals surface area contributed by atoms with E-state index in [1.165, 1.54) is 4.90 Å². The number of aliphatic hydroxyl groups is 1. The number of aromatic amines is 2. The zero-order valence-electron chi connectivity index (χ0n) is 9.93.